The molecule has 0 spiro atoms. The lowest BCUT2D eigenvalue weighted by molar-refractivity contribution is 0.0391. The van der Waals surface area contributed by atoms with Crippen LogP contribution >= 0.6 is 23.7 Å². The Balaban J connectivity index is 0.00000289. The third-order valence-corrected chi connectivity index (χ3v) is 6.68. The fourth-order valence-corrected chi connectivity index (χ4v) is 4.69. The Kier molecular flexibility index (Phi) is 8.31. The number of morpholine rings is 1. The van der Waals surface area contributed by atoms with Gasteiger partial charge >= 0.3 is 0 Å². The van der Waals surface area contributed by atoms with Gasteiger partial charge in [-0.1, -0.05) is 17.4 Å². The first-order valence-electron chi connectivity index (χ1n) is 10.3. The van der Waals surface area contributed by atoms with Gasteiger partial charge in [0.1, 0.15) is 17.0 Å². The van der Waals surface area contributed by atoms with Crippen molar-refractivity contribution in [2.75, 3.05) is 58.5 Å². The fourth-order valence-electron chi connectivity index (χ4n) is 3.62. The topological polar surface area (TPSA) is 64.1 Å². The van der Waals surface area contributed by atoms with Crippen LogP contribution in [-0.2, 0) is 4.74 Å². The molecule has 2 aromatic carbocycles. The first-order chi connectivity index (χ1) is 15.1. The quantitative estimate of drug-likeness (QED) is 0.512. The van der Waals surface area contributed by atoms with Gasteiger partial charge in [0.2, 0.25) is 0 Å². The summed E-state index contributed by atoms with van der Waals surface area (Å²) in [4.78, 5) is 22.4. The van der Waals surface area contributed by atoms with E-state index in [0.29, 0.717) is 23.0 Å². The van der Waals surface area contributed by atoms with Crippen molar-refractivity contribution in [2.24, 2.45) is 0 Å². The lowest BCUT2D eigenvalue weighted by Gasteiger charge is -2.29. The van der Waals surface area contributed by atoms with Crippen molar-refractivity contribution in [3.05, 3.63) is 47.5 Å². The molecule has 1 aromatic heterocycles. The zero-order valence-corrected chi connectivity index (χ0v) is 20.1. The molecule has 2 heterocycles. The molecule has 1 aliphatic heterocycles. The number of halogens is 1. The van der Waals surface area contributed by atoms with E-state index in [1.165, 1.54) is 11.3 Å². The smallest absolute Gasteiger partial charge is 0.260 e. The molecular weight excluding hydrogens is 450 g/mol. The Morgan fingerprint density at radius 1 is 1.12 bits per heavy atom. The third-order valence-electron chi connectivity index (χ3n) is 5.47. The number of aryl methyl sites for hydroxylation is 1. The van der Waals surface area contributed by atoms with Crippen molar-refractivity contribution in [1.82, 2.24) is 9.88 Å². The van der Waals surface area contributed by atoms with Crippen LogP contribution in [0.25, 0.3) is 10.2 Å². The molecule has 0 unspecified atom stereocenters. The van der Waals surface area contributed by atoms with Crippen LogP contribution in [0.3, 0.4) is 0 Å². The van der Waals surface area contributed by atoms with Crippen LogP contribution in [0.15, 0.2) is 36.4 Å². The van der Waals surface area contributed by atoms with Gasteiger partial charge in [0.15, 0.2) is 5.13 Å². The Labute approximate surface area is 198 Å². The van der Waals surface area contributed by atoms with E-state index < -0.39 is 0 Å². The van der Waals surface area contributed by atoms with Crippen LogP contribution < -0.4 is 14.4 Å². The van der Waals surface area contributed by atoms with Crippen LogP contribution in [0.4, 0.5) is 5.13 Å². The number of benzene rings is 2. The maximum Gasteiger partial charge on any atom is 0.260 e. The van der Waals surface area contributed by atoms with Crippen molar-refractivity contribution >= 4 is 45.0 Å². The number of thiazole rings is 1. The van der Waals surface area contributed by atoms with E-state index in [1.807, 2.05) is 19.1 Å². The zero-order chi connectivity index (χ0) is 21.8. The highest BCUT2D eigenvalue weighted by molar-refractivity contribution is 7.22. The average molecular weight is 478 g/mol. The highest BCUT2D eigenvalue weighted by Gasteiger charge is 2.24. The van der Waals surface area contributed by atoms with E-state index in [4.69, 9.17) is 19.2 Å². The van der Waals surface area contributed by atoms with Gasteiger partial charge in [-0.25, -0.2) is 4.98 Å². The number of aromatic nitrogens is 1. The van der Waals surface area contributed by atoms with E-state index in [-0.39, 0.29) is 18.3 Å². The van der Waals surface area contributed by atoms with Gasteiger partial charge in [-0.15, -0.1) is 12.4 Å². The lowest BCUT2D eigenvalue weighted by Crippen LogP contribution is -2.43. The normalized spacial score (nSPS) is 14.1. The molecule has 172 valence electrons. The number of amides is 1. The van der Waals surface area contributed by atoms with Gasteiger partial charge in [0, 0.05) is 31.7 Å². The molecule has 4 rings (SSSR count). The molecule has 9 heteroatoms. The molecule has 0 N–H and O–H groups in total. The number of hydrogen-bond acceptors (Lipinski definition) is 7. The standard InChI is InChI=1S/C23H27N3O4S.ClH/c1-16-4-9-19(29-3)20-21(16)31-23(24-20)26(11-10-25-12-14-30-15-13-25)22(27)17-5-7-18(28-2)8-6-17;/h4-9H,10-15H2,1-3H3;1H. The molecule has 7 nitrogen and oxygen atoms in total. The third kappa shape index (κ3) is 5.15. The van der Waals surface area contributed by atoms with Crippen molar-refractivity contribution in [2.45, 2.75) is 6.92 Å². The number of ether oxygens (including phenoxy) is 3. The summed E-state index contributed by atoms with van der Waals surface area (Å²) in [5.41, 5.74) is 2.51. The predicted molar refractivity (Wildman–Crippen MR) is 130 cm³/mol. The largest absolute Gasteiger partial charge is 0.497 e. The van der Waals surface area contributed by atoms with Gasteiger partial charge in [-0.2, -0.15) is 0 Å². The molecule has 32 heavy (non-hydrogen) atoms. The molecule has 0 bridgehead atoms. The van der Waals surface area contributed by atoms with Crippen LogP contribution in [0.5, 0.6) is 11.5 Å². The summed E-state index contributed by atoms with van der Waals surface area (Å²) in [6, 6.07) is 11.1. The van der Waals surface area contributed by atoms with Crippen molar-refractivity contribution in [3.63, 3.8) is 0 Å². The first kappa shape index (κ1) is 24.3. The summed E-state index contributed by atoms with van der Waals surface area (Å²) in [6.45, 7) is 6.55. The van der Waals surface area contributed by atoms with Crippen LogP contribution in [-0.4, -0.2) is 69.4 Å². The Morgan fingerprint density at radius 2 is 1.84 bits per heavy atom. The number of rotatable bonds is 7. The molecule has 1 amide bonds. The maximum atomic E-state index is 13.5. The van der Waals surface area contributed by atoms with Gasteiger partial charge in [0.05, 0.1) is 32.1 Å². The second-order valence-electron chi connectivity index (χ2n) is 7.40. The molecule has 3 aromatic rings. The minimum absolute atomic E-state index is 0. The molecule has 1 aliphatic rings. The van der Waals surface area contributed by atoms with E-state index in [0.717, 1.165) is 54.4 Å². The lowest BCUT2D eigenvalue weighted by atomic mass is 10.2. The summed E-state index contributed by atoms with van der Waals surface area (Å²) in [6.07, 6.45) is 0. The van der Waals surface area contributed by atoms with Crippen molar-refractivity contribution in [1.29, 1.82) is 0 Å². The summed E-state index contributed by atoms with van der Waals surface area (Å²) in [5, 5.41) is 0.677. The second-order valence-corrected chi connectivity index (χ2v) is 8.38. The van der Waals surface area contributed by atoms with Gasteiger partial charge in [0.25, 0.3) is 5.91 Å². The molecule has 1 saturated heterocycles. The van der Waals surface area contributed by atoms with Crippen LogP contribution in [0.2, 0.25) is 0 Å². The van der Waals surface area contributed by atoms with Crippen molar-refractivity contribution in [3.8, 4) is 11.5 Å². The Morgan fingerprint density at radius 3 is 2.50 bits per heavy atom. The average Bonchev–Trinajstić information content (AvgIpc) is 3.26. The van der Waals surface area contributed by atoms with E-state index in [1.54, 1.807) is 43.4 Å². The molecule has 0 atom stereocenters. The maximum absolute atomic E-state index is 13.5. The molecule has 0 aliphatic carbocycles. The van der Waals surface area contributed by atoms with E-state index in [9.17, 15) is 4.79 Å². The molecular formula is C23H28ClN3O4S. The van der Waals surface area contributed by atoms with Crippen molar-refractivity contribution < 1.29 is 19.0 Å². The zero-order valence-electron chi connectivity index (χ0n) is 18.5. The second kappa shape index (κ2) is 11.0. The van der Waals surface area contributed by atoms with Gasteiger partial charge in [-0.05, 0) is 42.8 Å². The summed E-state index contributed by atoms with van der Waals surface area (Å²) < 4.78 is 17.2. The molecule has 1 fully saturated rings. The number of carbonyl (C=O) groups is 1. The van der Waals surface area contributed by atoms with Gasteiger partial charge < -0.3 is 14.2 Å². The van der Waals surface area contributed by atoms with E-state index >= 15 is 0 Å². The number of methoxy groups -OCH3 is 2. The minimum atomic E-state index is -0.0772. The Bertz CT molecular complexity index is 1050. The highest BCUT2D eigenvalue weighted by Crippen LogP contribution is 2.36. The number of nitrogens with zero attached hydrogens (tertiary/aromatic N) is 3. The first-order valence-corrected chi connectivity index (χ1v) is 11.1. The van der Waals surface area contributed by atoms with Gasteiger partial charge in [-0.3, -0.25) is 14.6 Å². The minimum Gasteiger partial charge on any atom is -0.497 e. The highest BCUT2D eigenvalue weighted by atomic mass is 35.5. The summed E-state index contributed by atoms with van der Waals surface area (Å²) in [5.74, 6) is 1.36. The summed E-state index contributed by atoms with van der Waals surface area (Å²) >= 11 is 1.52. The number of carbonyl (C=O) groups excluding carboxylic acids is 1. The van der Waals surface area contributed by atoms with Crippen LogP contribution in [0, 0.1) is 6.92 Å². The molecule has 0 saturated carbocycles. The number of fused-ring (bicyclic) bond motifs is 1. The Hall–Kier alpha value is -2.39. The predicted octanol–water partition coefficient (Wildman–Crippen LogP) is 4.02. The van der Waals surface area contributed by atoms with Crippen LogP contribution in [0.1, 0.15) is 15.9 Å². The number of hydrogen-bond donors (Lipinski definition) is 0. The fraction of sp³-hybridized carbons (Fsp3) is 0.391. The molecule has 0 radical (unpaired) electrons. The summed E-state index contributed by atoms with van der Waals surface area (Å²) in [7, 11) is 3.25. The number of anilines is 1. The monoisotopic (exact) mass is 477 g/mol. The van der Waals surface area contributed by atoms with E-state index in [2.05, 4.69) is 4.90 Å². The SMILES string of the molecule is COc1ccc(C(=O)N(CCN2CCOCC2)c2nc3c(OC)ccc(C)c3s2)cc1.Cl.